The van der Waals surface area contributed by atoms with Crippen LogP contribution in [0.3, 0.4) is 0 Å². The molecule has 2 rings (SSSR count). The fourth-order valence-corrected chi connectivity index (χ4v) is 3.46. The zero-order valence-corrected chi connectivity index (χ0v) is 18.0. The van der Waals surface area contributed by atoms with Gasteiger partial charge in [0.2, 0.25) is 0 Å². The van der Waals surface area contributed by atoms with Crippen LogP contribution in [0.1, 0.15) is 48.0 Å². The minimum atomic E-state index is -0.126. The van der Waals surface area contributed by atoms with Crippen molar-refractivity contribution in [2.24, 2.45) is 10.8 Å². The second-order valence-corrected chi connectivity index (χ2v) is 8.01. The molecule has 0 aromatic carbocycles. The van der Waals surface area contributed by atoms with E-state index in [0.717, 1.165) is 17.6 Å². The molecule has 0 saturated heterocycles. The SMILES string of the molecule is CC#CC1=CC(C)(C)C=C(C2=CC(C)(CC=C=CC)C=C(C#CC)C=C2)C=C1. The smallest absolute Gasteiger partial charge is 0.0214 e. The first-order valence-corrected chi connectivity index (χ1v) is 9.80. The summed E-state index contributed by atoms with van der Waals surface area (Å²) in [7, 11) is 0. The molecule has 0 radical (unpaired) electrons. The normalized spacial score (nSPS) is 22.4. The van der Waals surface area contributed by atoms with Crippen LogP contribution in [0.5, 0.6) is 0 Å². The van der Waals surface area contributed by atoms with Crippen molar-refractivity contribution in [3.63, 3.8) is 0 Å². The lowest BCUT2D eigenvalue weighted by Gasteiger charge is -2.22. The van der Waals surface area contributed by atoms with E-state index in [4.69, 9.17) is 0 Å². The van der Waals surface area contributed by atoms with Gasteiger partial charge in [0.05, 0.1) is 0 Å². The zero-order valence-electron chi connectivity index (χ0n) is 18.0. The van der Waals surface area contributed by atoms with Crippen LogP contribution in [-0.4, -0.2) is 0 Å². The van der Waals surface area contributed by atoms with Gasteiger partial charge in [-0.2, -0.15) is 0 Å². The van der Waals surface area contributed by atoms with E-state index in [0.29, 0.717) is 0 Å². The summed E-state index contributed by atoms with van der Waals surface area (Å²) in [6.07, 6.45) is 22.7. The van der Waals surface area contributed by atoms with E-state index in [9.17, 15) is 0 Å². The van der Waals surface area contributed by atoms with Gasteiger partial charge < -0.3 is 0 Å². The summed E-state index contributed by atoms with van der Waals surface area (Å²) in [5.74, 6) is 12.5. The Bertz CT molecular complexity index is 982. The molecule has 0 bridgehead atoms. The third kappa shape index (κ3) is 6.06. The van der Waals surface area contributed by atoms with E-state index in [1.165, 1.54) is 11.1 Å². The van der Waals surface area contributed by atoms with E-state index in [2.05, 4.69) is 105 Å². The highest BCUT2D eigenvalue weighted by Gasteiger charge is 2.23. The summed E-state index contributed by atoms with van der Waals surface area (Å²) in [5.41, 5.74) is 7.55. The van der Waals surface area contributed by atoms with Gasteiger partial charge in [0.1, 0.15) is 0 Å². The lowest BCUT2D eigenvalue weighted by Crippen LogP contribution is -2.10. The second kappa shape index (κ2) is 9.33. The highest BCUT2D eigenvalue weighted by Crippen LogP contribution is 2.36. The second-order valence-electron chi connectivity index (χ2n) is 8.01. The van der Waals surface area contributed by atoms with Crippen molar-refractivity contribution in [2.45, 2.75) is 48.0 Å². The van der Waals surface area contributed by atoms with Gasteiger partial charge >= 0.3 is 0 Å². The van der Waals surface area contributed by atoms with Crippen LogP contribution in [0.2, 0.25) is 0 Å². The molecule has 0 aromatic heterocycles. The standard InChI is InChI=1S/C28H30/c1-7-10-11-18-28(6)20-24(13-9-3)15-17-26(22-28)25-16-14-23(12-8-2)19-27(4,5)21-25/h7,11,14-17,19-22H,18H2,1-6H3. The van der Waals surface area contributed by atoms with Crippen molar-refractivity contribution >= 4 is 0 Å². The quantitative estimate of drug-likeness (QED) is 0.371. The first-order chi connectivity index (χ1) is 13.3. The topological polar surface area (TPSA) is 0 Å². The number of hydrogen-bond donors (Lipinski definition) is 0. The molecule has 0 heteroatoms. The van der Waals surface area contributed by atoms with Crippen LogP contribution < -0.4 is 0 Å². The van der Waals surface area contributed by atoms with Crippen LogP contribution in [0, 0.1) is 34.5 Å². The lowest BCUT2D eigenvalue weighted by atomic mass is 9.82. The van der Waals surface area contributed by atoms with E-state index in [1.54, 1.807) is 0 Å². The summed E-state index contributed by atoms with van der Waals surface area (Å²) >= 11 is 0. The van der Waals surface area contributed by atoms with E-state index in [-0.39, 0.29) is 10.8 Å². The first-order valence-electron chi connectivity index (χ1n) is 9.80. The third-order valence-electron chi connectivity index (χ3n) is 4.61. The number of rotatable bonds is 3. The predicted octanol–water partition coefficient (Wildman–Crippen LogP) is 7.03. The van der Waals surface area contributed by atoms with Crippen molar-refractivity contribution in [1.29, 1.82) is 0 Å². The molecule has 1 atom stereocenters. The fourth-order valence-electron chi connectivity index (χ4n) is 3.46. The molecule has 0 aromatic rings. The molecule has 0 N–H and O–H groups in total. The highest BCUT2D eigenvalue weighted by atomic mass is 14.3. The summed E-state index contributed by atoms with van der Waals surface area (Å²) in [4.78, 5) is 0. The van der Waals surface area contributed by atoms with Gasteiger partial charge in [-0.05, 0) is 62.6 Å². The summed E-state index contributed by atoms with van der Waals surface area (Å²) in [5, 5.41) is 0. The molecule has 0 heterocycles. The molecule has 0 spiro atoms. The van der Waals surface area contributed by atoms with Gasteiger partial charge in [-0.3, -0.25) is 0 Å². The molecule has 1 unspecified atom stereocenters. The Kier molecular flexibility index (Phi) is 7.12. The molecule has 2 aliphatic rings. The molecular weight excluding hydrogens is 336 g/mol. The average Bonchev–Trinajstić information content (AvgIpc) is 2.87. The highest BCUT2D eigenvalue weighted by molar-refractivity contribution is 5.57. The van der Waals surface area contributed by atoms with Crippen molar-refractivity contribution in [2.75, 3.05) is 0 Å². The number of hydrogen-bond acceptors (Lipinski definition) is 0. The van der Waals surface area contributed by atoms with Crippen molar-refractivity contribution in [3.05, 3.63) is 88.8 Å². The third-order valence-corrected chi connectivity index (χ3v) is 4.61. The Hall–Kier alpha value is -2.92. The van der Waals surface area contributed by atoms with Gasteiger partial charge in [0, 0.05) is 22.0 Å². The summed E-state index contributed by atoms with van der Waals surface area (Å²) < 4.78 is 0. The predicted molar refractivity (Wildman–Crippen MR) is 122 cm³/mol. The molecular formula is C28H30. The van der Waals surface area contributed by atoms with E-state index in [1.807, 2.05) is 26.8 Å². The molecule has 142 valence electrons. The summed E-state index contributed by atoms with van der Waals surface area (Å²) in [6.45, 7) is 12.4. The monoisotopic (exact) mass is 366 g/mol. The summed E-state index contributed by atoms with van der Waals surface area (Å²) in [6, 6.07) is 0. The first kappa shape index (κ1) is 21.4. The molecule has 0 saturated carbocycles. The van der Waals surface area contributed by atoms with Crippen molar-refractivity contribution < 1.29 is 0 Å². The van der Waals surface area contributed by atoms with Crippen LogP contribution >= 0.6 is 0 Å². The molecule has 0 fully saturated rings. The van der Waals surface area contributed by atoms with E-state index < -0.39 is 0 Å². The maximum atomic E-state index is 3.23. The van der Waals surface area contributed by atoms with Crippen LogP contribution in [0.4, 0.5) is 0 Å². The minimum Gasteiger partial charge on any atom is -0.130 e. The van der Waals surface area contributed by atoms with Gasteiger partial charge in [0.15, 0.2) is 0 Å². The zero-order chi connectivity index (χ0) is 20.6. The van der Waals surface area contributed by atoms with Crippen molar-refractivity contribution in [1.82, 2.24) is 0 Å². The maximum absolute atomic E-state index is 3.23. The Morgan fingerprint density at radius 2 is 1.36 bits per heavy atom. The molecule has 2 aliphatic carbocycles. The van der Waals surface area contributed by atoms with Gasteiger partial charge in [-0.25, -0.2) is 0 Å². The Morgan fingerprint density at radius 1 is 0.786 bits per heavy atom. The Morgan fingerprint density at radius 3 is 1.93 bits per heavy atom. The van der Waals surface area contributed by atoms with Crippen LogP contribution in [0.15, 0.2) is 88.8 Å². The molecule has 0 amide bonds. The largest absolute Gasteiger partial charge is 0.130 e. The lowest BCUT2D eigenvalue weighted by molar-refractivity contribution is 0.559. The molecule has 0 aliphatic heterocycles. The maximum Gasteiger partial charge on any atom is 0.0214 e. The molecule has 28 heavy (non-hydrogen) atoms. The van der Waals surface area contributed by atoms with Crippen LogP contribution in [0.25, 0.3) is 0 Å². The van der Waals surface area contributed by atoms with Gasteiger partial charge in [0.25, 0.3) is 0 Å². The molecule has 0 nitrogen and oxygen atoms in total. The fraction of sp³-hybridized carbons (Fsp3) is 0.321. The minimum absolute atomic E-state index is 0.0697. The Balaban J connectivity index is 2.55. The van der Waals surface area contributed by atoms with Gasteiger partial charge in [-0.15, -0.1) is 17.6 Å². The number of allylic oxidation sites excluding steroid dienone is 13. The van der Waals surface area contributed by atoms with Crippen LogP contribution in [-0.2, 0) is 0 Å². The van der Waals surface area contributed by atoms with Crippen molar-refractivity contribution in [3.8, 4) is 23.7 Å². The van der Waals surface area contributed by atoms with Gasteiger partial charge in [-0.1, -0.05) is 69.1 Å². The Labute approximate surface area is 171 Å². The van der Waals surface area contributed by atoms with E-state index >= 15 is 0 Å². The average molecular weight is 367 g/mol.